The van der Waals surface area contributed by atoms with Crippen molar-refractivity contribution >= 4 is 11.4 Å². The summed E-state index contributed by atoms with van der Waals surface area (Å²) in [6.07, 6.45) is 10.9. The largest absolute Gasteiger partial charge is 0.612 e. The molecule has 4 heteroatoms. The fourth-order valence-electron chi connectivity index (χ4n) is 2.23. The summed E-state index contributed by atoms with van der Waals surface area (Å²) in [6.45, 7) is 0. The lowest BCUT2D eigenvalue weighted by molar-refractivity contribution is -0.377. The van der Waals surface area contributed by atoms with Gasteiger partial charge in [0.05, 0.1) is 0 Å². The highest BCUT2D eigenvalue weighted by Crippen LogP contribution is 2.43. The van der Waals surface area contributed by atoms with E-state index in [1.807, 2.05) is 12.3 Å². The van der Waals surface area contributed by atoms with E-state index in [1.165, 1.54) is 30.6 Å². The fraction of sp³-hybridized carbons (Fsp3) is 0.188. The van der Waals surface area contributed by atoms with Crippen LogP contribution in [0.4, 0.5) is 5.69 Å². The highest BCUT2D eigenvalue weighted by molar-refractivity contribution is 6.02. The van der Waals surface area contributed by atoms with Crippen LogP contribution in [-0.4, -0.2) is 10.6 Å². The van der Waals surface area contributed by atoms with Gasteiger partial charge in [0, 0.05) is 24.0 Å². The quantitative estimate of drug-likeness (QED) is 0.674. The highest BCUT2D eigenvalue weighted by atomic mass is 16.8. The normalized spacial score (nSPS) is 17.2. The molecule has 0 saturated heterocycles. The van der Waals surface area contributed by atoms with Crippen molar-refractivity contribution < 1.29 is 4.90 Å². The molecule has 2 aliphatic carbocycles. The maximum atomic E-state index is 10.6. The molecule has 20 heavy (non-hydrogen) atoms. The van der Waals surface area contributed by atoms with Crippen LogP contribution in [0.2, 0.25) is 0 Å². The first-order valence-corrected chi connectivity index (χ1v) is 6.67. The van der Waals surface area contributed by atoms with Gasteiger partial charge in [-0.25, -0.2) is 0 Å². The summed E-state index contributed by atoms with van der Waals surface area (Å²) in [7, 11) is 0. The minimum Gasteiger partial charge on any atom is -0.612 e. The average Bonchev–Trinajstić information content (AvgIpc) is 3.30. The van der Waals surface area contributed by atoms with Crippen LogP contribution in [0.25, 0.3) is 0 Å². The number of hydrogen-bond acceptors (Lipinski definition) is 3. The van der Waals surface area contributed by atoms with E-state index in [2.05, 4.69) is 23.5 Å². The van der Waals surface area contributed by atoms with Crippen molar-refractivity contribution in [1.29, 1.82) is 0 Å². The van der Waals surface area contributed by atoms with Crippen LogP contribution in [0.15, 0.2) is 60.3 Å². The number of nitrogens with one attached hydrogen (secondary N) is 1. The Labute approximate surface area is 117 Å². The highest BCUT2D eigenvalue weighted by Gasteiger charge is 2.25. The van der Waals surface area contributed by atoms with Crippen LogP contribution in [0.5, 0.6) is 0 Å². The molecule has 0 amide bonds. The summed E-state index contributed by atoms with van der Waals surface area (Å²) in [5.74, 6) is 0.684. The van der Waals surface area contributed by atoms with Gasteiger partial charge in [0.25, 0.3) is 0 Å². The number of para-hydroxylation sites is 1. The SMILES string of the molecule is [O-][N+]([O-])=C1C=CC(=CNc2ccccc2C2CC2)C=C1. The van der Waals surface area contributed by atoms with Gasteiger partial charge in [-0.2, -0.15) is 4.90 Å². The number of rotatable bonds is 3. The molecule has 0 heterocycles. The van der Waals surface area contributed by atoms with E-state index in [0.29, 0.717) is 5.92 Å². The first-order valence-electron chi connectivity index (χ1n) is 6.67. The van der Waals surface area contributed by atoms with Gasteiger partial charge in [-0.05, 0) is 48.1 Å². The Morgan fingerprint density at radius 3 is 2.40 bits per heavy atom. The topological polar surface area (TPSA) is 61.2 Å². The molecule has 0 aromatic heterocycles. The second-order valence-electron chi connectivity index (χ2n) is 5.00. The van der Waals surface area contributed by atoms with E-state index in [0.717, 1.165) is 11.3 Å². The molecule has 1 aromatic rings. The molecule has 1 aromatic carbocycles. The zero-order chi connectivity index (χ0) is 13.9. The van der Waals surface area contributed by atoms with Gasteiger partial charge in [0.1, 0.15) is 0 Å². The number of nitrogens with zero attached hydrogens (tertiary/aromatic N) is 1. The Balaban J connectivity index is 1.74. The summed E-state index contributed by atoms with van der Waals surface area (Å²) >= 11 is 0. The van der Waals surface area contributed by atoms with E-state index in [4.69, 9.17) is 0 Å². The van der Waals surface area contributed by atoms with Crippen molar-refractivity contribution in [2.24, 2.45) is 0 Å². The van der Waals surface area contributed by atoms with Crippen LogP contribution >= 0.6 is 0 Å². The number of anilines is 1. The van der Waals surface area contributed by atoms with Crippen molar-refractivity contribution in [3.05, 3.63) is 76.3 Å². The molecule has 102 valence electrons. The molecule has 1 fully saturated rings. The Bertz CT molecular complexity index is 616. The van der Waals surface area contributed by atoms with E-state index in [-0.39, 0.29) is 10.6 Å². The number of hydrogen-bond donors (Lipinski definition) is 1. The van der Waals surface area contributed by atoms with Crippen molar-refractivity contribution in [2.75, 3.05) is 5.32 Å². The smallest absolute Gasteiger partial charge is 0.222 e. The third-order valence-corrected chi connectivity index (χ3v) is 3.48. The molecule has 0 radical (unpaired) electrons. The van der Waals surface area contributed by atoms with Crippen molar-refractivity contribution in [3.8, 4) is 0 Å². The Morgan fingerprint density at radius 1 is 1.05 bits per heavy atom. The molecular weight excluding hydrogens is 252 g/mol. The lowest BCUT2D eigenvalue weighted by Gasteiger charge is -2.10. The van der Waals surface area contributed by atoms with Crippen LogP contribution in [0.1, 0.15) is 24.3 Å². The molecule has 4 nitrogen and oxygen atoms in total. The van der Waals surface area contributed by atoms with E-state index in [1.54, 1.807) is 12.2 Å². The molecule has 1 N–H and O–H groups in total. The molecule has 0 aliphatic heterocycles. The van der Waals surface area contributed by atoms with Crippen LogP contribution in [0.3, 0.4) is 0 Å². The van der Waals surface area contributed by atoms with Crippen molar-refractivity contribution in [1.82, 2.24) is 0 Å². The van der Waals surface area contributed by atoms with Gasteiger partial charge in [-0.15, -0.1) is 0 Å². The minimum absolute atomic E-state index is 0.112. The number of allylic oxidation sites excluding steroid dienone is 5. The van der Waals surface area contributed by atoms with E-state index < -0.39 is 0 Å². The summed E-state index contributed by atoms with van der Waals surface area (Å²) in [6, 6.07) is 8.29. The number of benzene rings is 1. The van der Waals surface area contributed by atoms with E-state index in [9.17, 15) is 10.4 Å². The lowest BCUT2D eigenvalue weighted by Crippen LogP contribution is -2.06. The molecule has 0 unspecified atom stereocenters. The van der Waals surface area contributed by atoms with Gasteiger partial charge in [0.15, 0.2) is 0 Å². The first-order chi connectivity index (χ1) is 9.74. The summed E-state index contributed by atoms with van der Waals surface area (Å²) < 4.78 is 0. The monoisotopic (exact) mass is 267 g/mol. The summed E-state index contributed by atoms with van der Waals surface area (Å²) in [5.41, 5.74) is 3.50. The molecule has 0 bridgehead atoms. The fourth-order valence-corrected chi connectivity index (χ4v) is 2.23. The molecule has 2 aliphatic rings. The average molecular weight is 267 g/mol. The van der Waals surface area contributed by atoms with Gasteiger partial charge in [-0.3, -0.25) is 0 Å². The molecule has 0 atom stereocenters. The standard InChI is InChI=1S/C16H15N2O2/c19-18(20)14-9-5-12(6-10-14)11-17-16-4-2-1-3-15(16)13-7-8-13/h1-6,9-11,13,17H,7-8H2/q-1. The maximum absolute atomic E-state index is 10.6. The first kappa shape index (κ1) is 12.5. The molecular formula is C16H15N2O2-. The summed E-state index contributed by atoms with van der Waals surface area (Å²) in [5, 5.41) is 24.5. The van der Waals surface area contributed by atoms with Gasteiger partial charge < -0.3 is 15.7 Å². The second-order valence-corrected chi connectivity index (χ2v) is 5.00. The van der Waals surface area contributed by atoms with Gasteiger partial charge >= 0.3 is 0 Å². The molecule has 0 spiro atoms. The third kappa shape index (κ3) is 2.74. The van der Waals surface area contributed by atoms with Crippen LogP contribution in [-0.2, 0) is 0 Å². The lowest BCUT2D eigenvalue weighted by atomic mass is 10.1. The van der Waals surface area contributed by atoms with Crippen LogP contribution in [0, 0.1) is 10.4 Å². The minimum atomic E-state index is -0.389. The second kappa shape index (κ2) is 5.25. The Hall–Kier alpha value is -2.49. The Kier molecular flexibility index (Phi) is 3.29. The summed E-state index contributed by atoms with van der Waals surface area (Å²) in [4.78, 5) is -0.389. The molecule has 3 rings (SSSR count). The third-order valence-electron chi connectivity index (χ3n) is 3.48. The van der Waals surface area contributed by atoms with E-state index >= 15 is 0 Å². The van der Waals surface area contributed by atoms with Crippen molar-refractivity contribution in [2.45, 2.75) is 18.8 Å². The molecule has 1 saturated carbocycles. The van der Waals surface area contributed by atoms with Gasteiger partial charge in [-0.1, -0.05) is 18.2 Å². The predicted molar refractivity (Wildman–Crippen MR) is 80.4 cm³/mol. The maximum Gasteiger partial charge on any atom is 0.222 e. The Morgan fingerprint density at radius 2 is 1.75 bits per heavy atom. The zero-order valence-corrected chi connectivity index (χ0v) is 11.0. The zero-order valence-electron chi connectivity index (χ0n) is 11.0. The predicted octanol–water partition coefficient (Wildman–Crippen LogP) is 3.43. The van der Waals surface area contributed by atoms with Gasteiger partial charge in [0.2, 0.25) is 5.71 Å². The van der Waals surface area contributed by atoms with Crippen molar-refractivity contribution in [3.63, 3.8) is 0 Å². The van der Waals surface area contributed by atoms with Crippen LogP contribution < -0.4 is 5.32 Å².